The third-order valence-corrected chi connectivity index (χ3v) is 8.85. The zero-order valence-corrected chi connectivity index (χ0v) is 21.8. The van der Waals surface area contributed by atoms with E-state index in [0.29, 0.717) is 11.3 Å². The van der Waals surface area contributed by atoms with E-state index in [-0.39, 0.29) is 0 Å². The molecule has 0 unspecified atom stereocenters. The highest BCUT2D eigenvalue weighted by Crippen LogP contribution is 2.49. The fourth-order valence-corrected chi connectivity index (χ4v) is 6.45. The van der Waals surface area contributed by atoms with Crippen LogP contribution in [0.5, 0.6) is 5.75 Å². The third kappa shape index (κ3) is 6.22. The number of hydrogen-bond acceptors (Lipinski definition) is 3. The average molecular weight is 443 g/mol. The molecule has 182 valence electrons. The molecule has 32 heavy (non-hydrogen) atoms. The van der Waals surface area contributed by atoms with E-state index in [9.17, 15) is 0 Å². The van der Waals surface area contributed by atoms with Crippen molar-refractivity contribution < 1.29 is 4.74 Å². The number of rotatable bonds is 11. The van der Waals surface area contributed by atoms with E-state index in [2.05, 4.69) is 55.7 Å². The Labute approximate surface area is 198 Å². The molecule has 1 aliphatic carbocycles. The van der Waals surface area contributed by atoms with Gasteiger partial charge in [0.1, 0.15) is 5.75 Å². The van der Waals surface area contributed by atoms with E-state index in [0.717, 1.165) is 24.8 Å². The van der Waals surface area contributed by atoms with Crippen molar-refractivity contribution >= 4 is 5.69 Å². The topological polar surface area (TPSA) is 15.7 Å². The van der Waals surface area contributed by atoms with Gasteiger partial charge in [-0.15, -0.1) is 0 Å². The van der Waals surface area contributed by atoms with E-state index < -0.39 is 0 Å². The molecule has 3 heteroatoms. The van der Waals surface area contributed by atoms with Gasteiger partial charge in [0.25, 0.3) is 0 Å². The minimum atomic E-state index is 0.599. The second-order valence-electron chi connectivity index (χ2n) is 10.6. The maximum Gasteiger partial charge on any atom is 0.120 e. The molecule has 0 N–H and O–H groups in total. The minimum Gasteiger partial charge on any atom is -0.497 e. The number of benzene rings is 1. The first-order valence-corrected chi connectivity index (χ1v) is 13.7. The Balaban J connectivity index is 1.67. The molecular weight excluding hydrogens is 392 g/mol. The molecule has 3 rings (SSSR count). The van der Waals surface area contributed by atoms with Crippen LogP contribution in [0.3, 0.4) is 0 Å². The van der Waals surface area contributed by atoms with Crippen molar-refractivity contribution in [3.63, 3.8) is 0 Å². The zero-order chi connectivity index (χ0) is 23.0. The molecule has 1 saturated heterocycles. The molecule has 0 spiro atoms. The summed E-state index contributed by atoms with van der Waals surface area (Å²) in [6.45, 7) is 15.4. The van der Waals surface area contributed by atoms with Gasteiger partial charge in [-0.2, -0.15) is 0 Å². The highest BCUT2D eigenvalue weighted by atomic mass is 16.5. The van der Waals surface area contributed by atoms with Gasteiger partial charge in [0, 0.05) is 44.5 Å². The quantitative estimate of drug-likeness (QED) is 0.353. The Bertz CT molecular complexity index is 660. The zero-order valence-electron chi connectivity index (χ0n) is 21.8. The molecule has 1 aromatic rings. The third-order valence-electron chi connectivity index (χ3n) is 8.85. The minimum absolute atomic E-state index is 0.599. The summed E-state index contributed by atoms with van der Waals surface area (Å²) in [6, 6.07) is 6.90. The van der Waals surface area contributed by atoms with Gasteiger partial charge in [-0.05, 0) is 67.4 Å². The lowest BCUT2D eigenvalue weighted by molar-refractivity contribution is 0.159. The van der Waals surface area contributed by atoms with Crippen molar-refractivity contribution in [1.29, 1.82) is 0 Å². The van der Waals surface area contributed by atoms with Crippen molar-refractivity contribution in [3.05, 3.63) is 23.8 Å². The summed E-state index contributed by atoms with van der Waals surface area (Å²) in [6.07, 6.45) is 13.5. The predicted molar refractivity (Wildman–Crippen MR) is 139 cm³/mol. The van der Waals surface area contributed by atoms with Crippen molar-refractivity contribution in [2.24, 2.45) is 11.3 Å². The monoisotopic (exact) mass is 442 g/mol. The lowest BCUT2D eigenvalue weighted by Gasteiger charge is -2.42. The molecular formula is C29H50N2O. The Morgan fingerprint density at radius 1 is 0.938 bits per heavy atom. The molecule has 0 atom stereocenters. The van der Waals surface area contributed by atoms with Crippen LogP contribution in [0.2, 0.25) is 0 Å². The number of piperazine rings is 1. The average Bonchev–Trinajstić information content (AvgIpc) is 2.84. The standard InChI is InChI=1S/C29H50N2O/c1-6-10-24(11-7-2)23-30-18-20-31(21-19-30)28-22-26(32-5)12-13-27(28)25-14-16-29(8-3,9-4)17-15-25/h12-13,22,24-25H,6-11,14-21,23H2,1-5H3. The van der Waals surface area contributed by atoms with Crippen molar-refractivity contribution in [2.45, 2.75) is 97.8 Å². The van der Waals surface area contributed by atoms with Gasteiger partial charge in [-0.1, -0.05) is 59.4 Å². The normalized spacial score (nSPS) is 20.1. The van der Waals surface area contributed by atoms with Crippen LogP contribution in [-0.4, -0.2) is 44.7 Å². The van der Waals surface area contributed by atoms with Crippen LogP contribution in [0.4, 0.5) is 5.69 Å². The van der Waals surface area contributed by atoms with Gasteiger partial charge in [-0.25, -0.2) is 0 Å². The van der Waals surface area contributed by atoms with E-state index in [1.165, 1.54) is 89.5 Å². The molecule has 0 amide bonds. The van der Waals surface area contributed by atoms with Gasteiger partial charge < -0.3 is 9.64 Å². The van der Waals surface area contributed by atoms with Gasteiger partial charge >= 0.3 is 0 Å². The Hall–Kier alpha value is -1.22. The van der Waals surface area contributed by atoms with Crippen LogP contribution in [0, 0.1) is 11.3 Å². The predicted octanol–water partition coefficient (Wildman–Crippen LogP) is 7.50. The summed E-state index contributed by atoms with van der Waals surface area (Å²) < 4.78 is 5.65. The van der Waals surface area contributed by atoms with Crippen LogP contribution >= 0.6 is 0 Å². The number of hydrogen-bond donors (Lipinski definition) is 0. The lowest BCUT2D eigenvalue weighted by Crippen LogP contribution is -2.48. The number of nitrogens with zero attached hydrogens (tertiary/aromatic N) is 2. The molecule has 0 aromatic heterocycles. The largest absolute Gasteiger partial charge is 0.497 e. The molecule has 0 bridgehead atoms. The van der Waals surface area contributed by atoms with E-state index in [4.69, 9.17) is 4.74 Å². The van der Waals surface area contributed by atoms with Crippen molar-refractivity contribution in [3.8, 4) is 5.75 Å². The Morgan fingerprint density at radius 2 is 1.56 bits per heavy atom. The first-order chi connectivity index (χ1) is 15.6. The molecule has 3 nitrogen and oxygen atoms in total. The Morgan fingerprint density at radius 3 is 2.09 bits per heavy atom. The molecule has 1 aromatic carbocycles. The molecule has 1 saturated carbocycles. The summed E-state index contributed by atoms with van der Waals surface area (Å²) in [7, 11) is 1.80. The maximum atomic E-state index is 5.65. The van der Waals surface area contributed by atoms with Crippen LogP contribution in [0.15, 0.2) is 18.2 Å². The molecule has 0 radical (unpaired) electrons. The Kier molecular flexibility index (Phi) is 9.77. The van der Waals surface area contributed by atoms with Gasteiger partial charge in [0.15, 0.2) is 0 Å². The van der Waals surface area contributed by atoms with E-state index in [1.807, 2.05) is 0 Å². The lowest BCUT2D eigenvalue weighted by atomic mass is 9.66. The molecule has 2 aliphatic rings. The van der Waals surface area contributed by atoms with Gasteiger partial charge in [-0.3, -0.25) is 4.90 Å². The molecule has 1 aliphatic heterocycles. The maximum absolute atomic E-state index is 5.65. The van der Waals surface area contributed by atoms with Gasteiger partial charge in [0.05, 0.1) is 7.11 Å². The number of ether oxygens (including phenoxy) is 1. The first-order valence-electron chi connectivity index (χ1n) is 13.7. The molecule has 1 heterocycles. The van der Waals surface area contributed by atoms with Crippen molar-refractivity contribution in [1.82, 2.24) is 4.90 Å². The summed E-state index contributed by atoms with van der Waals surface area (Å²) >= 11 is 0. The SMILES string of the molecule is CCCC(CCC)CN1CCN(c2cc(OC)ccc2C2CCC(CC)(CC)CC2)CC1. The summed E-state index contributed by atoms with van der Waals surface area (Å²) in [5, 5.41) is 0. The highest BCUT2D eigenvalue weighted by molar-refractivity contribution is 5.59. The second kappa shape index (κ2) is 12.3. The van der Waals surface area contributed by atoms with Crippen LogP contribution in [0.1, 0.15) is 103 Å². The van der Waals surface area contributed by atoms with Gasteiger partial charge in [0.2, 0.25) is 0 Å². The summed E-state index contributed by atoms with van der Waals surface area (Å²) in [4.78, 5) is 5.38. The van der Waals surface area contributed by atoms with Crippen molar-refractivity contribution in [2.75, 3.05) is 44.7 Å². The summed E-state index contributed by atoms with van der Waals surface area (Å²) in [5.41, 5.74) is 3.63. The second-order valence-corrected chi connectivity index (χ2v) is 10.6. The number of methoxy groups -OCH3 is 1. The van der Waals surface area contributed by atoms with Crippen LogP contribution < -0.4 is 9.64 Å². The fourth-order valence-electron chi connectivity index (χ4n) is 6.45. The van der Waals surface area contributed by atoms with Crippen LogP contribution in [0.25, 0.3) is 0 Å². The van der Waals surface area contributed by atoms with E-state index >= 15 is 0 Å². The first kappa shape index (κ1) is 25.4. The van der Waals surface area contributed by atoms with E-state index in [1.54, 1.807) is 12.7 Å². The molecule has 2 fully saturated rings. The number of anilines is 1. The summed E-state index contributed by atoms with van der Waals surface area (Å²) in [5.74, 6) is 2.59. The highest BCUT2D eigenvalue weighted by Gasteiger charge is 2.34. The fraction of sp³-hybridized carbons (Fsp3) is 0.793. The van der Waals surface area contributed by atoms with Crippen LogP contribution in [-0.2, 0) is 0 Å². The smallest absolute Gasteiger partial charge is 0.120 e.